The minimum atomic E-state index is -0.253. The van der Waals surface area contributed by atoms with Gasteiger partial charge < -0.3 is 4.42 Å². The summed E-state index contributed by atoms with van der Waals surface area (Å²) in [4.78, 5) is 16.6. The van der Waals surface area contributed by atoms with Crippen LogP contribution in [-0.4, -0.2) is 10.9 Å². The lowest BCUT2D eigenvalue weighted by Gasteiger charge is -1.99. The number of aryl methyl sites for hydroxylation is 4. The van der Waals surface area contributed by atoms with Crippen LogP contribution in [-0.2, 0) is 0 Å². The fourth-order valence-electron chi connectivity index (χ4n) is 2.46. The largest absolute Gasteiger partial charge is 0.450 e. The summed E-state index contributed by atoms with van der Waals surface area (Å²) in [5, 5.41) is 6.30. The van der Waals surface area contributed by atoms with Crippen molar-refractivity contribution in [3.8, 4) is 0 Å². The molecule has 3 rings (SSSR count). The number of nitrogens with one attached hydrogen (secondary N) is 1. The van der Waals surface area contributed by atoms with Crippen LogP contribution in [0.5, 0.6) is 0 Å². The number of fused-ring (bicyclic) bond motifs is 1. The Morgan fingerprint density at radius 2 is 1.90 bits per heavy atom. The molecule has 0 bridgehead atoms. The Balaban J connectivity index is 2.04. The zero-order valence-corrected chi connectivity index (χ0v) is 13.2. The van der Waals surface area contributed by atoms with E-state index in [1.807, 2.05) is 45.2 Å². The third-order valence-electron chi connectivity index (χ3n) is 3.53. The highest BCUT2D eigenvalue weighted by atomic mass is 32.1. The predicted molar refractivity (Wildman–Crippen MR) is 85.2 cm³/mol. The monoisotopic (exact) mass is 300 g/mol. The molecule has 0 aliphatic rings. The summed E-state index contributed by atoms with van der Waals surface area (Å²) in [6.45, 7) is 7.82. The van der Waals surface area contributed by atoms with Crippen molar-refractivity contribution < 1.29 is 9.21 Å². The molecule has 0 atom stereocenters. The van der Waals surface area contributed by atoms with E-state index in [1.165, 1.54) is 11.3 Å². The Bertz CT molecular complexity index is 845. The molecule has 0 aliphatic heterocycles. The van der Waals surface area contributed by atoms with Crippen LogP contribution in [0, 0.1) is 27.7 Å². The number of carbonyl (C=O) groups excluding carboxylic acids is 1. The predicted octanol–water partition coefficient (Wildman–Crippen LogP) is 4.38. The molecule has 0 unspecified atom stereocenters. The molecule has 2 aromatic heterocycles. The van der Waals surface area contributed by atoms with Crippen LogP contribution < -0.4 is 5.32 Å². The van der Waals surface area contributed by atoms with E-state index in [1.54, 1.807) is 0 Å². The van der Waals surface area contributed by atoms with E-state index in [9.17, 15) is 4.79 Å². The van der Waals surface area contributed by atoms with Gasteiger partial charge in [-0.3, -0.25) is 10.1 Å². The van der Waals surface area contributed by atoms with Crippen molar-refractivity contribution in [3.05, 3.63) is 45.7 Å². The second-order valence-electron chi connectivity index (χ2n) is 5.21. The average Bonchev–Trinajstić information content (AvgIpc) is 2.99. The number of hydrogen-bond acceptors (Lipinski definition) is 4. The lowest BCUT2D eigenvalue weighted by molar-refractivity contribution is 0.0998. The Labute approximate surface area is 126 Å². The summed E-state index contributed by atoms with van der Waals surface area (Å²) in [5.41, 5.74) is 4.69. The topological polar surface area (TPSA) is 55.1 Å². The first kappa shape index (κ1) is 13.8. The molecule has 4 nitrogen and oxygen atoms in total. The van der Waals surface area contributed by atoms with E-state index in [-0.39, 0.29) is 5.91 Å². The standard InChI is InChI=1S/C16H16N2O2S/c1-8-5-6-9(2)13-12(8)11(4)14(20-13)15(19)18-16-17-10(3)7-21-16/h5-7H,1-4H3,(H,17,18,19). The molecule has 1 amide bonds. The van der Waals surface area contributed by atoms with Crippen LogP contribution in [0.3, 0.4) is 0 Å². The van der Waals surface area contributed by atoms with Crippen LogP contribution in [0.4, 0.5) is 5.13 Å². The van der Waals surface area contributed by atoms with Crippen molar-refractivity contribution in [1.82, 2.24) is 4.98 Å². The number of hydrogen-bond donors (Lipinski definition) is 1. The lowest BCUT2D eigenvalue weighted by atomic mass is 10.0. The highest BCUT2D eigenvalue weighted by molar-refractivity contribution is 7.13. The van der Waals surface area contributed by atoms with Gasteiger partial charge in [0.25, 0.3) is 5.91 Å². The summed E-state index contributed by atoms with van der Waals surface area (Å²) in [6.07, 6.45) is 0. The molecule has 0 fully saturated rings. The molecule has 0 spiro atoms. The highest BCUT2D eigenvalue weighted by Gasteiger charge is 2.20. The van der Waals surface area contributed by atoms with Gasteiger partial charge in [-0.1, -0.05) is 12.1 Å². The van der Waals surface area contributed by atoms with Gasteiger partial charge in [-0.25, -0.2) is 4.98 Å². The lowest BCUT2D eigenvalue weighted by Crippen LogP contribution is -2.11. The molecule has 5 heteroatoms. The summed E-state index contributed by atoms with van der Waals surface area (Å²) < 4.78 is 5.82. The van der Waals surface area contributed by atoms with Gasteiger partial charge >= 0.3 is 0 Å². The number of amides is 1. The van der Waals surface area contributed by atoms with Gasteiger partial charge in [-0.2, -0.15) is 0 Å². The van der Waals surface area contributed by atoms with E-state index < -0.39 is 0 Å². The van der Waals surface area contributed by atoms with Gasteiger partial charge in [0.15, 0.2) is 10.9 Å². The second-order valence-corrected chi connectivity index (χ2v) is 6.07. The van der Waals surface area contributed by atoms with Crippen LogP contribution in [0.25, 0.3) is 11.0 Å². The van der Waals surface area contributed by atoms with Crippen molar-refractivity contribution >= 4 is 33.3 Å². The van der Waals surface area contributed by atoms with E-state index >= 15 is 0 Å². The molecule has 0 radical (unpaired) electrons. The maximum atomic E-state index is 12.4. The number of rotatable bonds is 2. The average molecular weight is 300 g/mol. The molecule has 1 aromatic carbocycles. The number of anilines is 1. The molecular weight excluding hydrogens is 284 g/mol. The van der Waals surface area contributed by atoms with E-state index in [0.717, 1.165) is 33.4 Å². The minimum absolute atomic E-state index is 0.253. The van der Waals surface area contributed by atoms with Crippen molar-refractivity contribution in [1.29, 1.82) is 0 Å². The first-order chi connectivity index (χ1) is 9.97. The molecule has 3 aromatic rings. The summed E-state index contributed by atoms with van der Waals surface area (Å²) in [5.74, 6) is 0.104. The van der Waals surface area contributed by atoms with Gasteiger partial charge in [-0.05, 0) is 38.8 Å². The van der Waals surface area contributed by atoms with Crippen LogP contribution >= 0.6 is 11.3 Å². The number of benzene rings is 1. The molecular formula is C16H16N2O2S. The SMILES string of the molecule is Cc1csc(NC(=O)c2oc3c(C)ccc(C)c3c2C)n1. The highest BCUT2D eigenvalue weighted by Crippen LogP contribution is 2.31. The van der Waals surface area contributed by atoms with Gasteiger partial charge in [0, 0.05) is 16.3 Å². The van der Waals surface area contributed by atoms with Crippen LogP contribution in [0.2, 0.25) is 0 Å². The van der Waals surface area contributed by atoms with Gasteiger partial charge in [-0.15, -0.1) is 11.3 Å². The maximum absolute atomic E-state index is 12.4. The van der Waals surface area contributed by atoms with Crippen LogP contribution in [0.1, 0.15) is 32.9 Å². The molecule has 1 N–H and O–H groups in total. The maximum Gasteiger partial charge on any atom is 0.293 e. The summed E-state index contributed by atoms with van der Waals surface area (Å²) in [6, 6.07) is 4.05. The van der Waals surface area contributed by atoms with Gasteiger partial charge in [0.2, 0.25) is 0 Å². The number of thiazole rings is 1. The Morgan fingerprint density at radius 3 is 2.52 bits per heavy atom. The van der Waals surface area contributed by atoms with E-state index in [2.05, 4.69) is 10.3 Å². The first-order valence-corrected chi connectivity index (χ1v) is 7.58. The fourth-order valence-corrected chi connectivity index (χ4v) is 3.14. The van der Waals surface area contributed by atoms with Crippen molar-refractivity contribution in [2.45, 2.75) is 27.7 Å². The molecule has 0 aliphatic carbocycles. The molecule has 0 saturated heterocycles. The summed E-state index contributed by atoms with van der Waals surface area (Å²) >= 11 is 1.41. The smallest absolute Gasteiger partial charge is 0.293 e. The minimum Gasteiger partial charge on any atom is -0.450 e. The zero-order valence-electron chi connectivity index (χ0n) is 12.4. The van der Waals surface area contributed by atoms with Crippen molar-refractivity contribution in [2.75, 3.05) is 5.32 Å². The van der Waals surface area contributed by atoms with Crippen molar-refractivity contribution in [3.63, 3.8) is 0 Å². The van der Waals surface area contributed by atoms with Gasteiger partial charge in [0.05, 0.1) is 5.69 Å². The van der Waals surface area contributed by atoms with Crippen molar-refractivity contribution in [2.24, 2.45) is 0 Å². The fraction of sp³-hybridized carbons (Fsp3) is 0.250. The quantitative estimate of drug-likeness (QED) is 0.764. The Morgan fingerprint density at radius 1 is 1.19 bits per heavy atom. The Kier molecular flexibility index (Phi) is 3.29. The number of furan rings is 1. The van der Waals surface area contributed by atoms with Crippen LogP contribution in [0.15, 0.2) is 21.9 Å². The third kappa shape index (κ3) is 2.34. The van der Waals surface area contributed by atoms with E-state index in [0.29, 0.717) is 10.9 Å². The number of aromatic nitrogens is 1. The third-order valence-corrected chi connectivity index (χ3v) is 4.40. The molecule has 21 heavy (non-hydrogen) atoms. The normalized spacial score (nSPS) is 11.0. The number of nitrogens with zero attached hydrogens (tertiary/aromatic N) is 1. The Hall–Kier alpha value is -2.14. The van der Waals surface area contributed by atoms with Gasteiger partial charge in [0.1, 0.15) is 5.58 Å². The molecule has 0 saturated carbocycles. The second kappa shape index (κ2) is 5.00. The number of carbonyl (C=O) groups is 1. The molecule has 2 heterocycles. The van der Waals surface area contributed by atoms with E-state index in [4.69, 9.17) is 4.42 Å². The zero-order chi connectivity index (χ0) is 15.1. The molecule has 108 valence electrons. The first-order valence-electron chi connectivity index (χ1n) is 6.70. The summed E-state index contributed by atoms with van der Waals surface area (Å²) in [7, 11) is 0.